The standard InChI is InChI=1S/C30H29NO.ClH/c1-32-29-15-7-4-11-25(29)12-8-20-31-21-18-26(19-22-31)30-27-13-5-2-9-23(27)16-17-24-10-3-6-14-28(24)30;/h2-17H,18-22H2,1H3;1H/b12-8+;. The molecule has 2 nitrogen and oxygen atoms in total. The summed E-state index contributed by atoms with van der Waals surface area (Å²) >= 11 is 0. The van der Waals surface area contributed by atoms with Crippen LogP contribution in [0.15, 0.2) is 84.4 Å². The van der Waals surface area contributed by atoms with Gasteiger partial charge in [-0.15, -0.1) is 12.4 Å². The van der Waals surface area contributed by atoms with E-state index in [2.05, 4.69) is 89.9 Å². The van der Waals surface area contributed by atoms with Gasteiger partial charge in [0.2, 0.25) is 0 Å². The largest absolute Gasteiger partial charge is 0.496 e. The minimum Gasteiger partial charge on any atom is -0.496 e. The first kappa shape index (κ1) is 23.1. The molecule has 0 atom stereocenters. The van der Waals surface area contributed by atoms with Gasteiger partial charge in [-0.1, -0.05) is 96.6 Å². The predicted octanol–water partition coefficient (Wildman–Crippen LogP) is 7.21. The monoisotopic (exact) mass is 455 g/mol. The Morgan fingerprint density at radius 3 is 2.00 bits per heavy atom. The molecule has 33 heavy (non-hydrogen) atoms. The second kappa shape index (κ2) is 10.7. The van der Waals surface area contributed by atoms with E-state index in [4.69, 9.17) is 4.74 Å². The van der Waals surface area contributed by atoms with E-state index in [9.17, 15) is 0 Å². The fourth-order valence-corrected chi connectivity index (χ4v) is 4.83. The van der Waals surface area contributed by atoms with Crippen LogP contribution < -0.4 is 4.74 Å². The van der Waals surface area contributed by atoms with E-state index in [0.717, 1.165) is 43.8 Å². The minimum atomic E-state index is 0. The molecule has 1 saturated heterocycles. The number of para-hydroxylation sites is 1. The molecule has 0 N–H and O–H groups in total. The molecule has 5 rings (SSSR count). The van der Waals surface area contributed by atoms with Crippen molar-refractivity contribution in [2.45, 2.75) is 12.8 Å². The van der Waals surface area contributed by atoms with Crippen molar-refractivity contribution in [3.8, 4) is 5.75 Å². The number of methoxy groups -OCH3 is 1. The van der Waals surface area contributed by atoms with Crippen molar-refractivity contribution < 1.29 is 4.74 Å². The number of likely N-dealkylation sites (tertiary alicyclic amines) is 1. The molecule has 0 radical (unpaired) electrons. The molecule has 0 aromatic heterocycles. The van der Waals surface area contributed by atoms with Crippen LogP contribution in [0.2, 0.25) is 0 Å². The van der Waals surface area contributed by atoms with Gasteiger partial charge < -0.3 is 4.74 Å². The number of halogens is 1. The van der Waals surface area contributed by atoms with E-state index in [1.807, 2.05) is 12.1 Å². The number of nitrogens with zero attached hydrogens (tertiary/aromatic N) is 1. The maximum Gasteiger partial charge on any atom is 0.126 e. The van der Waals surface area contributed by atoms with E-state index >= 15 is 0 Å². The van der Waals surface area contributed by atoms with Crippen molar-refractivity contribution in [3.63, 3.8) is 0 Å². The van der Waals surface area contributed by atoms with Crippen molar-refractivity contribution in [2.75, 3.05) is 26.7 Å². The summed E-state index contributed by atoms with van der Waals surface area (Å²) in [6.07, 6.45) is 11.2. The number of rotatable bonds is 4. The van der Waals surface area contributed by atoms with Crippen molar-refractivity contribution in [1.82, 2.24) is 4.90 Å². The fourth-order valence-electron chi connectivity index (χ4n) is 4.83. The number of ether oxygens (including phenoxy) is 1. The first-order chi connectivity index (χ1) is 15.8. The first-order valence-electron chi connectivity index (χ1n) is 11.4. The highest BCUT2D eigenvalue weighted by Gasteiger charge is 2.22. The summed E-state index contributed by atoms with van der Waals surface area (Å²) in [4.78, 5) is 2.54. The molecule has 0 unspecified atom stereocenters. The molecule has 1 aliphatic heterocycles. The lowest BCUT2D eigenvalue weighted by Crippen LogP contribution is -2.31. The molecule has 3 aromatic carbocycles. The average Bonchev–Trinajstić information content (AvgIpc) is 3.02. The van der Waals surface area contributed by atoms with Gasteiger partial charge in [0.15, 0.2) is 0 Å². The second-order valence-corrected chi connectivity index (χ2v) is 8.43. The van der Waals surface area contributed by atoms with E-state index in [0.29, 0.717) is 0 Å². The zero-order valence-electron chi connectivity index (χ0n) is 19.0. The molecule has 1 heterocycles. The summed E-state index contributed by atoms with van der Waals surface area (Å²) in [5.74, 6) is 0.925. The third kappa shape index (κ3) is 4.98. The van der Waals surface area contributed by atoms with Crippen molar-refractivity contribution in [2.24, 2.45) is 0 Å². The molecule has 0 saturated carbocycles. The highest BCUT2D eigenvalue weighted by Crippen LogP contribution is 2.38. The summed E-state index contributed by atoms with van der Waals surface area (Å²) in [6.45, 7) is 3.15. The van der Waals surface area contributed by atoms with E-state index in [1.54, 1.807) is 12.7 Å². The average molecular weight is 456 g/mol. The number of hydrogen-bond donors (Lipinski definition) is 0. The van der Waals surface area contributed by atoms with Crippen LogP contribution in [0.3, 0.4) is 0 Å². The number of benzene rings is 3. The summed E-state index contributed by atoms with van der Waals surface area (Å²) in [5, 5.41) is 0. The SMILES string of the molecule is COc1ccccc1/C=C/CN1CCC(=C2c3ccccc3C=Cc3ccccc32)CC1.Cl. The molecule has 0 spiro atoms. The number of piperidine rings is 1. The van der Waals surface area contributed by atoms with Gasteiger partial charge in [0.05, 0.1) is 7.11 Å². The molecular weight excluding hydrogens is 426 g/mol. The van der Waals surface area contributed by atoms with Gasteiger partial charge in [-0.3, -0.25) is 4.90 Å². The van der Waals surface area contributed by atoms with Crippen molar-refractivity contribution in [3.05, 3.63) is 112 Å². The van der Waals surface area contributed by atoms with Crippen LogP contribution in [-0.4, -0.2) is 31.6 Å². The van der Waals surface area contributed by atoms with Gasteiger partial charge in [-0.25, -0.2) is 0 Å². The highest BCUT2D eigenvalue weighted by molar-refractivity contribution is 5.94. The van der Waals surface area contributed by atoms with E-state index in [1.165, 1.54) is 27.8 Å². The van der Waals surface area contributed by atoms with Crippen molar-refractivity contribution >= 4 is 36.2 Å². The first-order valence-corrected chi connectivity index (χ1v) is 11.4. The number of hydrogen-bond acceptors (Lipinski definition) is 2. The molecule has 0 amide bonds. The quantitative estimate of drug-likeness (QED) is 0.322. The molecule has 1 fully saturated rings. The molecule has 0 bridgehead atoms. The lowest BCUT2D eigenvalue weighted by atomic mass is 9.86. The Morgan fingerprint density at radius 1 is 0.788 bits per heavy atom. The Labute approximate surface area is 203 Å². The van der Waals surface area contributed by atoms with Crippen LogP contribution in [-0.2, 0) is 0 Å². The molecule has 3 aromatic rings. The van der Waals surface area contributed by atoms with Crippen molar-refractivity contribution in [1.29, 1.82) is 0 Å². The lowest BCUT2D eigenvalue weighted by Gasteiger charge is -2.29. The van der Waals surface area contributed by atoms with Crippen LogP contribution in [0.1, 0.15) is 40.7 Å². The third-order valence-electron chi connectivity index (χ3n) is 6.52. The third-order valence-corrected chi connectivity index (χ3v) is 6.52. The Morgan fingerprint density at radius 2 is 1.36 bits per heavy atom. The van der Waals surface area contributed by atoms with Gasteiger partial charge in [-0.2, -0.15) is 0 Å². The predicted molar refractivity (Wildman–Crippen MR) is 143 cm³/mol. The zero-order valence-corrected chi connectivity index (χ0v) is 19.9. The molecule has 3 heteroatoms. The molecular formula is C30H30ClNO. The Bertz CT molecular complexity index is 1150. The maximum atomic E-state index is 5.46. The van der Waals surface area contributed by atoms with E-state index in [-0.39, 0.29) is 12.4 Å². The van der Waals surface area contributed by atoms with Crippen LogP contribution >= 0.6 is 12.4 Å². The zero-order chi connectivity index (χ0) is 21.8. The number of fused-ring (bicyclic) bond motifs is 2. The molecule has 2 aliphatic rings. The fraction of sp³-hybridized carbons (Fsp3) is 0.200. The van der Waals surface area contributed by atoms with E-state index < -0.39 is 0 Å². The van der Waals surface area contributed by atoms with Crippen LogP contribution in [0.5, 0.6) is 5.75 Å². The topological polar surface area (TPSA) is 12.5 Å². The second-order valence-electron chi connectivity index (χ2n) is 8.43. The van der Waals surface area contributed by atoms with Gasteiger partial charge in [0, 0.05) is 25.2 Å². The van der Waals surface area contributed by atoms with Gasteiger partial charge in [0.1, 0.15) is 5.75 Å². The summed E-state index contributed by atoms with van der Waals surface area (Å²) in [7, 11) is 1.73. The smallest absolute Gasteiger partial charge is 0.126 e. The van der Waals surface area contributed by atoms with Gasteiger partial charge in [-0.05, 0) is 46.7 Å². The Hall–Kier alpha value is -3.07. The molecule has 168 valence electrons. The highest BCUT2D eigenvalue weighted by atomic mass is 35.5. The maximum absolute atomic E-state index is 5.46. The summed E-state index contributed by atoms with van der Waals surface area (Å²) < 4.78 is 5.46. The summed E-state index contributed by atoms with van der Waals surface area (Å²) in [6, 6.07) is 25.8. The Balaban J connectivity index is 0.00000259. The van der Waals surface area contributed by atoms with Gasteiger partial charge >= 0.3 is 0 Å². The van der Waals surface area contributed by atoms with Crippen LogP contribution in [0, 0.1) is 0 Å². The lowest BCUT2D eigenvalue weighted by molar-refractivity contribution is 0.284. The van der Waals surface area contributed by atoms with Crippen LogP contribution in [0.25, 0.3) is 23.8 Å². The summed E-state index contributed by atoms with van der Waals surface area (Å²) in [5.41, 5.74) is 9.53. The van der Waals surface area contributed by atoms with Gasteiger partial charge in [0.25, 0.3) is 0 Å². The van der Waals surface area contributed by atoms with Crippen LogP contribution in [0.4, 0.5) is 0 Å². The Kier molecular flexibility index (Phi) is 7.49. The molecule has 1 aliphatic carbocycles. The minimum absolute atomic E-state index is 0. The normalized spacial score (nSPS) is 15.5.